The maximum Gasteiger partial charge on any atom is 0.275 e. The summed E-state index contributed by atoms with van der Waals surface area (Å²) >= 11 is 0. The molecule has 3 nitrogen and oxygen atoms in total. The van der Waals surface area contributed by atoms with Crippen LogP contribution in [0.2, 0.25) is 0 Å². The summed E-state index contributed by atoms with van der Waals surface area (Å²) in [5.41, 5.74) is 0. The highest BCUT2D eigenvalue weighted by Gasteiger charge is 2.23. The van der Waals surface area contributed by atoms with E-state index in [4.69, 9.17) is 15.3 Å². The van der Waals surface area contributed by atoms with E-state index in [1.165, 1.54) is 96.3 Å². The number of unbranched alkanes of at least 4 members (excludes halogenated alkanes) is 15. The third-order valence-electron chi connectivity index (χ3n) is 5.37. The predicted octanol–water partition coefficient (Wildman–Crippen LogP) is 6.64. The van der Waals surface area contributed by atoms with Crippen molar-refractivity contribution in [2.24, 2.45) is 0 Å². The molecule has 0 fully saturated rings. The van der Waals surface area contributed by atoms with Crippen LogP contribution in [0.3, 0.4) is 0 Å². The molecule has 0 saturated heterocycles. The Kier molecular flexibility index (Phi) is 18.2. The normalized spacial score (nSPS) is 12.2. The van der Waals surface area contributed by atoms with Gasteiger partial charge in [0.15, 0.2) is 0 Å². The quantitative estimate of drug-likeness (QED) is 0.166. The molecular formula is C23H47O3. The van der Waals surface area contributed by atoms with E-state index >= 15 is 0 Å². The molecule has 3 heteroatoms. The second kappa shape index (κ2) is 18.3. The van der Waals surface area contributed by atoms with Crippen LogP contribution in [0.25, 0.3) is 0 Å². The first-order valence-electron chi connectivity index (χ1n) is 11.5. The SMILES string of the molecule is CCCCCCCCCCCCCCCCCC[C](CC)CC(O)(O)O. The van der Waals surface area contributed by atoms with Crippen molar-refractivity contribution >= 4 is 0 Å². The van der Waals surface area contributed by atoms with Crippen molar-refractivity contribution in [1.82, 2.24) is 0 Å². The fourth-order valence-electron chi connectivity index (χ4n) is 3.65. The smallest absolute Gasteiger partial charge is 0.275 e. The standard InChI is InChI=1S/C23H47O3/c1-3-5-6-7-8-9-10-11-12-13-14-15-16-17-18-19-20-22(4-2)21-23(24,25)26/h24-26H,3-21H2,1-2H3. The van der Waals surface area contributed by atoms with E-state index in [1.54, 1.807) is 0 Å². The molecule has 26 heavy (non-hydrogen) atoms. The van der Waals surface area contributed by atoms with Gasteiger partial charge in [0.05, 0.1) is 0 Å². The van der Waals surface area contributed by atoms with Gasteiger partial charge < -0.3 is 15.3 Å². The van der Waals surface area contributed by atoms with Crippen molar-refractivity contribution in [2.75, 3.05) is 0 Å². The number of rotatable bonds is 20. The van der Waals surface area contributed by atoms with Crippen LogP contribution >= 0.6 is 0 Å². The van der Waals surface area contributed by atoms with Gasteiger partial charge in [-0.25, -0.2) is 0 Å². The minimum atomic E-state index is -2.53. The lowest BCUT2D eigenvalue weighted by Gasteiger charge is -2.20. The molecule has 0 aliphatic heterocycles. The molecule has 0 bridgehead atoms. The first kappa shape index (κ1) is 25.9. The monoisotopic (exact) mass is 371 g/mol. The van der Waals surface area contributed by atoms with Gasteiger partial charge in [-0.05, 0) is 18.8 Å². The van der Waals surface area contributed by atoms with Gasteiger partial charge in [0.2, 0.25) is 0 Å². The van der Waals surface area contributed by atoms with Crippen LogP contribution in [0.4, 0.5) is 0 Å². The van der Waals surface area contributed by atoms with Crippen molar-refractivity contribution in [3.8, 4) is 0 Å². The van der Waals surface area contributed by atoms with Crippen molar-refractivity contribution in [1.29, 1.82) is 0 Å². The molecule has 157 valence electrons. The Balaban J connectivity index is 3.22. The minimum absolute atomic E-state index is 0.0117. The summed E-state index contributed by atoms with van der Waals surface area (Å²) in [7, 11) is 0. The fraction of sp³-hybridized carbons (Fsp3) is 0.957. The van der Waals surface area contributed by atoms with Crippen molar-refractivity contribution in [3.05, 3.63) is 5.92 Å². The van der Waals surface area contributed by atoms with E-state index < -0.39 is 5.97 Å². The lowest BCUT2D eigenvalue weighted by molar-refractivity contribution is -0.312. The summed E-state index contributed by atoms with van der Waals surface area (Å²) in [6.45, 7) is 4.28. The van der Waals surface area contributed by atoms with E-state index in [-0.39, 0.29) is 6.42 Å². The zero-order valence-electron chi connectivity index (χ0n) is 17.8. The third-order valence-corrected chi connectivity index (χ3v) is 5.37. The molecule has 0 spiro atoms. The van der Waals surface area contributed by atoms with E-state index in [0.29, 0.717) is 0 Å². The van der Waals surface area contributed by atoms with E-state index in [1.807, 2.05) is 6.92 Å². The minimum Gasteiger partial charge on any atom is -0.344 e. The second-order valence-corrected chi connectivity index (χ2v) is 8.11. The van der Waals surface area contributed by atoms with Crippen LogP contribution < -0.4 is 0 Å². The van der Waals surface area contributed by atoms with Gasteiger partial charge in [-0.15, -0.1) is 0 Å². The average Bonchev–Trinajstić information content (AvgIpc) is 2.59. The maximum absolute atomic E-state index is 9.04. The fourth-order valence-corrected chi connectivity index (χ4v) is 3.65. The summed E-state index contributed by atoms with van der Waals surface area (Å²) in [4.78, 5) is 0. The Morgan fingerprint density at radius 2 is 0.885 bits per heavy atom. The summed E-state index contributed by atoms with van der Waals surface area (Å²) in [6.07, 6.45) is 23.5. The van der Waals surface area contributed by atoms with Gasteiger partial charge in [0, 0.05) is 6.42 Å². The van der Waals surface area contributed by atoms with Gasteiger partial charge in [0.1, 0.15) is 0 Å². The molecule has 0 aliphatic rings. The highest BCUT2D eigenvalue weighted by Crippen LogP contribution is 2.24. The largest absolute Gasteiger partial charge is 0.344 e. The Morgan fingerprint density at radius 3 is 1.19 bits per heavy atom. The van der Waals surface area contributed by atoms with E-state index in [0.717, 1.165) is 25.2 Å². The van der Waals surface area contributed by atoms with Gasteiger partial charge in [-0.1, -0.05) is 117 Å². The predicted molar refractivity (Wildman–Crippen MR) is 112 cm³/mol. The van der Waals surface area contributed by atoms with E-state index in [2.05, 4.69) is 6.92 Å². The molecule has 0 heterocycles. The van der Waals surface area contributed by atoms with Crippen molar-refractivity contribution in [3.63, 3.8) is 0 Å². The Labute approximate surface area is 163 Å². The third kappa shape index (κ3) is 20.2. The van der Waals surface area contributed by atoms with Crippen LogP contribution in [0.5, 0.6) is 0 Å². The summed E-state index contributed by atoms with van der Waals surface area (Å²) in [5.74, 6) is -1.48. The van der Waals surface area contributed by atoms with E-state index in [9.17, 15) is 0 Å². The highest BCUT2D eigenvalue weighted by atomic mass is 16.7. The highest BCUT2D eigenvalue weighted by molar-refractivity contribution is 4.89. The topological polar surface area (TPSA) is 60.7 Å². The van der Waals surface area contributed by atoms with Crippen LogP contribution in [-0.4, -0.2) is 21.3 Å². The molecule has 0 amide bonds. The zero-order valence-corrected chi connectivity index (χ0v) is 17.8. The summed E-state index contributed by atoms with van der Waals surface area (Å²) in [6, 6.07) is 0. The number of hydrogen-bond acceptors (Lipinski definition) is 3. The van der Waals surface area contributed by atoms with Crippen molar-refractivity contribution < 1.29 is 15.3 Å². The first-order chi connectivity index (χ1) is 12.5. The lowest BCUT2D eigenvalue weighted by Crippen LogP contribution is -2.29. The second-order valence-electron chi connectivity index (χ2n) is 8.11. The molecule has 0 unspecified atom stereocenters. The summed E-state index contributed by atoms with van der Waals surface area (Å²) in [5, 5.41) is 27.1. The Bertz CT molecular complexity index is 273. The van der Waals surface area contributed by atoms with Gasteiger partial charge in [-0.3, -0.25) is 0 Å². The van der Waals surface area contributed by atoms with Gasteiger partial charge in [0.25, 0.3) is 5.97 Å². The van der Waals surface area contributed by atoms with Crippen LogP contribution in [0.15, 0.2) is 0 Å². The Morgan fingerprint density at radius 1 is 0.538 bits per heavy atom. The summed E-state index contributed by atoms with van der Waals surface area (Å²) < 4.78 is 0. The van der Waals surface area contributed by atoms with Crippen LogP contribution in [-0.2, 0) is 0 Å². The molecule has 0 aliphatic carbocycles. The van der Waals surface area contributed by atoms with Crippen LogP contribution in [0, 0.1) is 5.92 Å². The van der Waals surface area contributed by atoms with Gasteiger partial charge >= 0.3 is 0 Å². The number of aliphatic hydroxyl groups is 3. The average molecular weight is 372 g/mol. The zero-order chi connectivity index (χ0) is 19.5. The lowest BCUT2D eigenvalue weighted by atomic mass is 9.94. The molecule has 0 atom stereocenters. The van der Waals surface area contributed by atoms with Crippen molar-refractivity contribution in [2.45, 2.75) is 142 Å². The molecule has 0 aromatic carbocycles. The molecule has 0 rings (SSSR count). The maximum atomic E-state index is 9.04. The number of hydrogen-bond donors (Lipinski definition) is 3. The molecular weight excluding hydrogens is 324 g/mol. The first-order valence-corrected chi connectivity index (χ1v) is 11.5. The molecule has 3 N–H and O–H groups in total. The Hall–Kier alpha value is -0.120. The molecule has 0 aromatic heterocycles. The van der Waals surface area contributed by atoms with Gasteiger partial charge in [-0.2, -0.15) is 0 Å². The molecule has 0 saturated carbocycles. The molecule has 1 radical (unpaired) electrons. The van der Waals surface area contributed by atoms with Crippen LogP contribution in [0.1, 0.15) is 136 Å². The molecule has 0 aromatic rings.